The summed E-state index contributed by atoms with van der Waals surface area (Å²) < 4.78 is 5.33. The first kappa shape index (κ1) is 15.0. The number of aliphatic hydroxyl groups excluding tert-OH is 1. The van der Waals surface area contributed by atoms with Crippen molar-refractivity contribution in [1.82, 2.24) is 5.32 Å². The lowest BCUT2D eigenvalue weighted by molar-refractivity contribution is -0.136. The predicted octanol–water partition coefficient (Wildman–Crippen LogP) is 0.521. The number of carbonyl (C=O) groups excluding carboxylic acids is 2. The molecule has 2 amide bonds. The number of benzene rings is 1. The molecule has 1 unspecified atom stereocenters. The fraction of sp³-hybridized carbons (Fsp3) is 0.385. The molecule has 1 aromatic carbocycles. The van der Waals surface area contributed by atoms with Crippen LogP contribution in [-0.2, 0) is 9.59 Å². The summed E-state index contributed by atoms with van der Waals surface area (Å²) in [6.07, 6.45) is -0.701. The molecule has 0 radical (unpaired) electrons. The smallest absolute Gasteiger partial charge is 0.313 e. The number of aliphatic hydroxyl groups is 1. The van der Waals surface area contributed by atoms with E-state index in [2.05, 4.69) is 10.6 Å². The van der Waals surface area contributed by atoms with E-state index in [1.54, 1.807) is 24.3 Å². The molecule has 6 nitrogen and oxygen atoms in total. The molecular formula is C13H18N2O4. The van der Waals surface area contributed by atoms with Crippen molar-refractivity contribution in [2.45, 2.75) is 20.0 Å². The van der Waals surface area contributed by atoms with Gasteiger partial charge in [-0.3, -0.25) is 9.59 Å². The molecule has 1 aromatic rings. The monoisotopic (exact) mass is 266 g/mol. The molecule has 0 saturated heterocycles. The molecule has 6 heteroatoms. The number of hydrogen-bond donors (Lipinski definition) is 3. The van der Waals surface area contributed by atoms with Crippen LogP contribution < -0.4 is 15.4 Å². The average Bonchev–Trinajstić information content (AvgIpc) is 2.38. The Bertz CT molecular complexity index is 446. The van der Waals surface area contributed by atoms with Gasteiger partial charge in [-0.15, -0.1) is 0 Å². The molecule has 0 aliphatic rings. The number of carbonyl (C=O) groups is 2. The van der Waals surface area contributed by atoms with Gasteiger partial charge in [-0.2, -0.15) is 0 Å². The molecule has 19 heavy (non-hydrogen) atoms. The second-order valence-electron chi connectivity index (χ2n) is 3.94. The minimum Gasteiger partial charge on any atom is -0.492 e. The third kappa shape index (κ3) is 4.97. The van der Waals surface area contributed by atoms with Crippen LogP contribution in [0.5, 0.6) is 5.75 Å². The van der Waals surface area contributed by atoms with Crippen LogP contribution in [0.2, 0.25) is 0 Å². The lowest BCUT2D eigenvalue weighted by atomic mass is 10.3. The van der Waals surface area contributed by atoms with Gasteiger partial charge < -0.3 is 20.5 Å². The summed E-state index contributed by atoms with van der Waals surface area (Å²) >= 11 is 0. The number of para-hydroxylation sites is 2. The van der Waals surface area contributed by atoms with Gasteiger partial charge in [0.2, 0.25) is 0 Å². The van der Waals surface area contributed by atoms with Gasteiger partial charge in [0.15, 0.2) is 0 Å². The molecule has 0 aliphatic carbocycles. The third-order valence-electron chi connectivity index (χ3n) is 2.20. The van der Waals surface area contributed by atoms with Crippen molar-refractivity contribution in [3.8, 4) is 5.75 Å². The maximum atomic E-state index is 11.6. The minimum absolute atomic E-state index is 0.0271. The van der Waals surface area contributed by atoms with Crippen LogP contribution in [0.1, 0.15) is 13.8 Å². The van der Waals surface area contributed by atoms with Crippen LogP contribution >= 0.6 is 0 Å². The predicted molar refractivity (Wildman–Crippen MR) is 70.9 cm³/mol. The second kappa shape index (κ2) is 7.38. The van der Waals surface area contributed by atoms with Crippen molar-refractivity contribution >= 4 is 17.5 Å². The largest absolute Gasteiger partial charge is 0.492 e. The van der Waals surface area contributed by atoms with E-state index in [-0.39, 0.29) is 6.54 Å². The summed E-state index contributed by atoms with van der Waals surface area (Å²) in [5.41, 5.74) is 0.432. The van der Waals surface area contributed by atoms with Crippen LogP contribution in [-0.4, -0.2) is 36.2 Å². The first-order chi connectivity index (χ1) is 9.04. The first-order valence-corrected chi connectivity index (χ1v) is 6.03. The Morgan fingerprint density at radius 1 is 1.32 bits per heavy atom. The molecule has 0 heterocycles. The SMILES string of the molecule is CCOc1ccccc1NC(=O)C(=O)NCC(C)O. The highest BCUT2D eigenvalue weighted by molar-refractivity contribution is 6.39. The molecule has 0 bridgehead atoms. The first-order valence-electron chi connectivity index (χ1n) is 6.03. The van der Waals surface area contributed by atoms with E-state index in [0.29, 0.717) is 18.0 Å². The number of ether oxygens (including phenoxy) is 1. The van der Waals surface area contributed by atoms with Crippen molar-refractivity contribution in [3.05, 3.63) is 24.3 Å². The standard InChI is InChI=1S/C13H18N2O4/c1-3-19-11-7-5-4-6-10(11)15-13(18)12(17)14-8-9(2)16/h4-7,9,16H,3,8H2,1-2H3,(H,14,17)(H,15,18). The average molecular weight is 266 g/mol. The fourth-order valence-electron chi connectivity index (χ4n) is 1.35. The van der Waals surface area contributed by atoms with Gasteiger partial charge in [0.1, 0.15) is 5.75 Å². The second-order valence-corrected chi connectivity index (χ2v) is 3.94. The van der Waals surface area contributed by atoms with Gasteiger partial charge in [-0.25, -0.2) is 0 Å². The molecule has 3 N–H and O–H groups in total. The highest BCUT2D eigenvalue weighted by atomic mass is 16.5. The van der Waals surface area contributed by atoms with Crippen molar-refractivity contribution in [1.29, 1.82) is 0 Å². The van der Waals surface area contributed by atoms with Crippen LogP contribution in [0, 0.1) is 0 Å². The highest BCUT2D eigenvalue weighted by Gasteiger charge is 2.15. The van der Waals surface area contributed by atoms with E-state index in [1.165, 1.54) is 6.92 Å². The van der Waals surface area contributed by atoms with E-state index in [0.717, 1.165) is 0 Å². The molecule has 1 atom stereocenters. The lowest BCUT2D eigenvalue weighted by Gasteiger charge is -2.11. The topological polar surface area (TPSA) is 87.7 Å². The fourth-order valence-corrected chi connectivity index (χ4v) is 1.35. The molecule has 104 valence electrons. The number of amides is 2. The van der Waals surface area contributed by atoms with Crippen molar-refractivity contribution in [2.24, 2.45) is 0 Å². The zero-order valence-corrected chi connectivity index (χ0v) is 11.0. The summed E-state index contributed by atoms with van der Waals surface area (Å²) in [6.45, 7) is 3.83. The molecular weight excluding hydrogens is 248 g/mol. The molecule has 1 rings (SSSR count). The zero-order valence-electron chi connectivity index (χ0n) is 11.0. The van der Waals surface area contributed by atoms with Crippen LogP contribution in [0.15, 0.2) is 24.3 Å². The Morgan fingerprint density at radius 2 is 2.00 bits per heavy atom. The Labute approximate surface area is 111 Å². The summed E-state index contributed by atoms with van der Waals surface area (Å²) in [4.78, 5) is 23.1. The molecule has 0 spiro atoms. The Kier molecular flexibility index (Phi) is 5.81. The molecule has 0 aromatic heterocycles. The van der Waals surface area contributed by atoms with Gasteiger partial charge in [0, 0.05) is 6.54 Å². The molecule has 0 aliphatic heterocycles. The Hall–Kier alpha value is -2.08. The number of nitrogens with one attached hydrogen (secondary N) is 2. The number of anilines is 1. The van der Waals surface area contributed by atoms with Gasteiger partial charge in [-0.1, -0.05) is 12.1 Å². The zero-order chi connectivity index (χ0) is 14.3. The van der Waals surface area contributed by atoms with Crippen LogP contribution in [0.4, 0.5) is 5.69 Å². The third-order valence-corrected chi connectivity index (χ3v) is 2.20. The van der Waals surface area contributed by atoms with Gasteiger partial charge >= 0.3 is 11.8 Å². The van der Waals surface area contributed by atoms with E-state index in [1.807, 2.05) is 6.92 Å². The van der Waals surface area contributed by atoms with E-state index in [9.17, 15) is 9.59 Å². The van der Waals surface area contributed by atoms with Crippen molar-refractivity contribution in [2.75, 3.05) is 18.5 Å². The van der Waals surface area contributed by atoms with Gasteiger partial charge in [0.05, 0.1) is 18.4 Å². The summed E-state index contributed by atoms with van der Waals surface area (Å²) in [5, 5.41) is 13.8. The maximum Gasteiger partial charge on any atom is 0.313 e. The Morgan fingerprint density at radius 3 is 2.63 bits per heavy atom. The normalized spacial score (nSPS) is 11.5. The lowest BCUT2D eigenvalue weighted by Crippen LogP contribution is -2.38. The number of hydrogen-bond acceptors (Lipinski definition) is 4. The van der Waals surface area contributed by atoms with Crippen molar-refractivity contribution in [3.63, 3.8) is 0 Å². The van der Waals surface area contributed by atoms with Gasteiger partial charge in [0.25, 0.3) is 0 Å². The number of rotatable bonds is 5. The molecule has 0 fully saturated rings. The summed E-state index contributed by atoms with van der Waals surface area (Å²) in [7, 11) is 0. The Balaban J connectivity index is 2.63. The van der Waals surface area contributed by atoms with Crippen LogP contribution in [0.3, 0.4) is 0 Å². The van der Waals surface area contributed by atoms with E-state index >= 15 is 0 Å². The quantitative estimate of drug-likeness (QED) is 0.678. The minimum atomic E-state index is -0.799. The summed E-state index contributed by atoms with van der Waals surface area (Å²) in [5.74, 6) is -1.10. The van der Waals surface area contributed by atoms with Crippen LogP contribution in [0.25, 0.3) is 0 Å². The van der Waals surface area contributed by atoms with E-state index in [4.69, 9.17) is 9.84 Å². The maximum absolute atomic E-state index is 11.6. The van der Waals surface area contributed by atoms with Crippen molar-refractivity contribution < 1.29 is 19.4 Å². The summed E-state index contributed by atoms with van der Waals surface area (Å²) in [6, 6.07) is 6.84. The molecule has 0 saturated carbocycles. The van der Waals surface area contributed by atoms with Gasteiger partial charge in [-0.05, 0) is 26.0 Å². The van der Waals surface area contributed by atoms with E-state index < -0.39 is 17.9 Å². The highest BCUT2D eigenvalue weighted by Crippen LogP contribution is 2.23.